The van der Waals surface area contributed by atoms with E-state index in [0.717, 1.165) is 5.69 Å². The van der Waals surface area contributed by atoms with Crippen molar-refractivity contribution < 1.29 is 17.9 Å². The average molecular weight is 470 g/mol. The number of hydrogen-bond acceptors (Lipinski definition) is 10. The molecule has 0 saturated carbocycles. The predicted octanol–water partition coefficient (Wildman–Crippen LogP) is 1.74. The molecule has 1 fully saturated rings. The molecular formula is C21H23N7O4S. The molecule has 1 saturated heterocycles. The topological polar surface area (TPSA) is 153 Å². The zero-order valence-corrected chi connectivity index (χ0v) is 18.5. The van der Waals surface area contributed by atoms with Gasteiger partial charge in [0.1, 0.15) is 4.90 Å². The van der Waals surface area contributed by atoms with Gasteiger partial charge in [0.2, 0.25) is 21.9 Å². The summed E-state index contributed by atoms with van der Waals surface area (Å²) >= 11 is 0. The number of anilines is 3. The van der Waals surface area contributed by atoms with Crippen molar-refractivity contribution >= 4 is 33.6 Å². The molecule has 2 aromatic heterocycles. The number of nitrogens with one attached hydrogen (secondary N) is 1. The minimum atomic E-state index is -3.63. The normalized spacial score (nSPS) is 15.2. The lowest BCUT2D eigenvalue weighted by molar-refractivity contribution is -0.151. The summed E-state index contributed by atoms with van der Waals surface area (Å²) < 4.78 is 32.1. The summed E-state index contributed by atoms with van der Waals surface area (Å²) in [5, 5.41) is 3.02. The summed E-state index contributed by atoms with van der Waals surface area (Å²) in [4.78, 5) is 28.8. The zero-order valence-electron chi connectivity index (χ0n) is 17.7. The van der Waals surface area contributed by atoms with Gasteiger partial charge in [0, 0.05) is 31.2 Å². The van der Waals surface area contributed by atoms with Crippen LogP contribution < -0.4 is 11.1 Å². The Labute approximate surface area is 191 Å². The predicted molar refractivity (Wildman–Crippen MR) is 119 cm³/mol. The monoisotopic (exact) mass is 469 g/mol. The number of nitrogens with zero attached hydrogens (tertiary/aromatic N) is 5. The molecule has 0 unspecified atom stereocenters. The number of sulfonamides is 1. The van der Waals surface area contributed by atoms with Gasteiger partial charge in [-0.15, -0.1) is 0 Å². The van der Waals surface area contributed by atoms with Crippen LogP contribution >= 0.6 is 0 Å². The molecule has 12 heteroatoms. The van der Waals surface area contributed by atoms with Crippen LogP contribution in [0.2, 0.25) is 0 Å². The first-order valence-electron chi connectivity index (χ1n) is 10.3. The number of ether oxygens (including phenoxy) is 1. The Morgan fingerprint density at radius 2 is 1.85 bits per heavy atom. The number of rotatable bonds is 7. The Balaban J connectivity index is 1.32. The average Bonchev–Trinajstić information content (AvgIpc) is 2.83. The molecule has 1 aromatic carbocycles. The van der Waals surface area contributed by atoms with Crippen molar-refractivity contribution in [3.05, 3.63) is 60.7 Å². The van der Waals surface area contributed by atoms with Gasteiger partial charge < -0.3 is 15.8 Å². The molecule has 33 heavy (non-hydrogen) atoms. The van der Waals surface area contributed by atoms with E-state index in [0.29, 0.717) is 12.8 Å². The number of benzene rings is 1. The number of para-hydroxylation sites is 1. The summed E-state index contributed by atoms with van der Waals surface area (Å²) in [5.74, 6) is -0.376. The van der Waals surface area contributed by atoms with Crippen molar-refractivity contribution in [1.82, 2.24) is 24.2 Å². The summed E-state index contributed by atoms with van der Waals surface area (Å²) in [6.45, 7) is 0.283. The molecule has 1 aliphatic heterocycles. The molecule has 0 spiro atoms. The Morgan fingerprint density at radius 3 is 2.55 bits per heavy atom. The third-order valence-electron chi connectivity index (χ3n) is 5.13. The number of nitrogen functional groups attached to an aromatic ring is 1. The molecule has 3 N–H and O–H groups in total. The lowest BCUT2D eigenvalue weighted by atomic mass is 9.98. The van der Waals surface area contributed by atoms with Crippen molar-refractivity contribution in [2.75, 3.05) is 24.1 Å². The van der Waals surface area contributed by atoms with Crippen LogP contribution in [0.25, 0.3) is 0 Å². The minimum absolute atomic E-state index is 0.00315. The van der Waals surface area contributed by atoms with Gasteiger partial charge in [-0.25, -0.2) is 8.42 Å². The summed E-state index contributed by atoms with van der Waals surface area (Å²) in [7, 11) is -3.63. The van der Waals surface area contributed by atoms with Gasteiger partial charge in [-0.1, -0.05) is 18.2 Å². The number of carbonyl (C=O) groups is 1. The van der Waals surface area contributed by atoms with Crippen LogP contribution in [0.1, 0.15) is 18.7 Å². The van der Waals surface area contributed by atoms with Crippen molar-refractivity contribution in [3.8, 4) is 0 Å². The van der Waals surface area contributed by atoms with E-state index in [2.05, 4.69) is 25.3 Å². The molecule has 0 aliphatic carbocycles. The number of carbonyl (C=O) groups excluding carboxylic acids is 1. The molecule has 3 aromatic rings. The second-order valence-corrected chi connectivity index (χ2v) is 9.34. The molecule has 172 valence electrons. The van der Waals surface area contributed by atoms with E-state index in [1.54, 1.807) is 6.07 Å². The van der Waals surface area contributed by atoms with E-state index in [9.17, 15) is 13.2 Å². The SMILES string of the molecule is Nc1nc(COC(=O)C2CCN(S(=O)(=O)c3cccnc3)CC2)nc(Nc2ccccc2)n1. The largest absolute Gasteiger partial charge is 0.457 e. The third-order valence-corrected chi connectivity index (χ3v) is 7.01. The maximum absolute atomic E-state index is 12.7. The van der Waals surface area contributed by atoms with E-state index in [1.165, 1.54) is 22.8 Å². The maximum atomic E-state index is 12.7. The van der Waals surface area contributed by atoms with Gasteiger partial charge in [-0.3, -0.25) is 9.78 Å². The van der Waals surface area contributed by atoms with Crippen LogP contribution in [0.4, 0.5) is 17.6 Å². The lowest BCUT2D eigenvalue weighted by Gasteiger charge is -2.29. The second-order valence-electron chi connectivity index (χ2n) is 7.40. The van der Waals surface area contributed by atoms with Crippen LogP contribution in [0, 0.1) is 5.92 Å². The third kappa shape index (κ3) is 5.59. The molecular weight excluding hydrogens is 446 g/mol. The Hall–Kier alpha value is -3.64. The molecule has 1 aliphatic rings. The van der Waals surface area contributed by atoms with E-state index in [-0.39, 0.29) is 42.3 Å². The van der Waals surface area contributed by atoms with Gasteiger partial charge in [-0.2, -0.15) is 19.3 Å². The van der Waals surface area contributed by atoms with Crippen molar-refractivity contribution in [2.24, 2.45) is 5.92 Å². The van der Waals surface area contributed by atoms with Gasteiger partial charge in [0.05, 0.1) is 5.92 Å². The number of aromatic nitrogens is 4. The number of nitrogens with two attached hydrogens (primary N) is 1. The highest BCUT2D eigenvalue weighted by Gasteiger charge is 2.33. The zero-order chi connectivity index (χ0) is 23.3. The van der Waals surface area contributed by atoms with Crippen LogP contribution in [0.15, 0.2) is 59.8 Å². The van der Waals surface area contributed by atoms with Crippen molar-refractivity contribution in [3.63, 3.8) is 0 Å². The highest BCUT2D eigenvalue weighted by molar-refractivity contribution is 7.89. The molecule has 11 nitrogen and oxygen atoms in total. The van der Waals surface area contributed by atoms with Gasteiger partial charge in [0.15, 0.2) is 12.4 Å². The minimum Gasteiger partial charge on any atom is -0.457 e. The van der Waals surface area contributed by atoms with Gasteiger partial charge >= 0.3 is 5.97 Å². The molecule has 0 atom stereocenters. The summed E-state index contributed by atoms with van der Waals surface area (Å²) in [6, 6.07) is 12.4. The maximum Gasteiger partial charge on any atom is 0.309 e. The van der Waals surface area contributed by atoms with E-state index in [4.69, 9.17) is 10.5 Å². The summed E-state index contributed by atoms with van der Waals surface area (Å²) in [6.07, 6.45) is 3.55. The molecule has 0 bridgehead atoms. The fourth-order valence-corrected chi connectivity index (χ4v) is 4.88. The highest BCUT2D eigenvalue weighted by Crippen LogP contribution is 2.24. The van der Waals surface area contributed by atoms with Crippen LogP contribution in [0.5, 0.6) is 0 Å². The Kier molecular flexibility index (Phi) is 6.75. The van der Waals surface area contributed by atoms with Gasteiger partial charge in [-0.05, 0) is 37.1 Å². The fourth-order valence-electron chi connectivity index (χ4n) is 3.44. The van der Waals surface area contributed by atoms with Crippen LogP contribution in [-0.2, 0) is 26.2 Å². The van der Waals surface area contributed by atoms with Crippen LogP contribution in [0.3, 0.4) is 0 Å². The first kappa shape index (κ1) is 22.6. The Bertz CT molecular complexity index is 1200. The second kappa shape index (κ2) is 9.88. The van der Waals surface area contributed by atoms with Crippen molar-refractivity contribution in [1.29, 1.82) is 0 Å². The first-order chi connectivity index (χ1) is 15.9. The standard InChI is InChI=1S/C21H23N7O4S/c22-20-25-18(26-21(27-20)24-16-5-2-1-3-6-16)14-32-19(29)15-8-11-28(12-9-15)33(30,31)17-7-4-10-23-13-17/h1-7,10,13,15H,8-9,11-12,14H2,(H3,22,24,25,26,27). The van der Waals surface area contributed by atoms with E-state index in [1.807, 2.05) is 30.3 Å². The van der Waals surface area contributed by atoms with Gasteiger partial charge in [0.25, 0.3) is 0 Å². The number of pyridine rings is 1. The molecule has 0 radical (unpaired) electrons. The summed E-state index contributed by atoms with van der Waals surface area (Å²) in [5.41, 5.74) is 6.53. The van der Waals surface area contributed by atoms with Crippen molar-refractivity contribution in [2.45, 2.75) is 24.3 Å². The number of hydrogen-bond donors (Lipinski definition) is 2. The molecule has 0 amide bonds. The molecule has 4 rings (SSSR count). The van der Waals surface area contributed by atoms with E-state index >= 15 is 0 Å². The smallest absolute Gasteiger partial charge is 0.309 e. The highest BCUT2D eigenvalue weighted by atomic mass is 32.2. The first-order valence-corrected chi connectivity index (χ1v) is 11.7. The molecule has 3 heterocycles. The number of esters is 1. The fraction of sp³-hybridized carbons (Fsp3) is 0.286. The number of piperidine rings is 1. The lowest BCUT2D eigenvalue weighted by Crippen LogP contribution is -2.40. The Morgan fingerprint density at radius 1 is 1.09 bits per heavy atom. The quantitative estimate of drug-likeness (QED) is 0.489. The van der Waals surface area contributed by atoms with Crippen LogP contribution in [-0.4, -0.2) is 51.7 Å². The van der Waals surface area contributed by atoms with E-state index < -0.39 is 21.9 Å².